The van der Waals surface area contributed by atoms with Crippen LogP contribution in [-0.4, -0.2) is 21.1 Å². The highest BCUT2D eigenvalue weighted by Crippen LogP contribution is 2.26. The number of phenols is 2. The van der Waals surface area contributed by atoms with E-state index in [1.807, 2.05) is 0 Å². The van der Waals surface area contributed by atoms with Crippen molar-refractivity contribution in [1.82, 2.24) is 0 Å². The summed E-state index contributed by atoms with van der Waals surface area (Å²) in [4.78, 5) is 0. The smallest absolute Gasteiger partial charge is 0.132 e. The van der Waals surface area contributed by atoms with Crippen LogP contribution in [0.3, 0.4) is 0 Å². The summed E-state index contributed by atoms with van der Waals surface area (Å²) < 4.78 is 13.6. The van der Waals surface area contributed by atoms with Gasteiger partial charge in [0.05, 0.1) is 0 Å². The van der Waals surface area contributed by atoms with E-state index in [2.05, 4.69) is 5.16 Å². The lowest BCUT2D eigenvalue weighted by Crippen LogP contribution is -2.06. The number of benzene rings is 2. The van der Waals surface area contributed by atoms with E-state index in [0.717, 1.165) is 6.07 Å². The van der Waals surface area contributed by atoms with Crippen LogP contribution in [0.25, 0.3) is 0 Å². The molecule has 0 aliphatic carbocycles. The molecular formula is C13H10FNO3. The molecule has 0 atom stereocenters. The van der Waals surface area contributed by atoms with Gasteiger partial charge in [0.2, 0.25) is 0 Å². The fourth-order valence-corrected chi connectivity index (χ4v) is 1.63. The van der Waals surface area contributed by atoms with Crippen molar-refractivity contribution in [3.05, 3.63) is 59.4 Å². The van der Waals surface area contributed by atoms with Crippen LogP contribution in [0.4, 0.5) is 4.39 Å². The predicted molar refractivity (Wildman–Crippen MR) is 63.6 cm³/mol. The summed E-state index contributed by atoms with van der Waals surface area (Å²) in [6.45, 7) is 0. The summed E-state index contributed by atoms with van der Waals surface area (Å²) in [7, 11) is 0. The second-order valence-electron chi connectivity index (χ2n) is 3.63. The molecule has 0 fully saturated rings. The molecule has 0 spiro atoms. The Morgan fingerprint density at radius 1 is 1.00 bits per heavy atom. The van der Waals surface area contributed by atoms with Gasteiger partial charge in [-0.15, -0.1) is 0 Å². The minimum absolute atomic E-state index is 0.0565. The van der Waals surface area contributed by atoms with E-state index in [1.165, 1.54) is 30.3 Å². The van der Waals surface area contributed by atoms with Gasteiger partial charge >= 0.3 is 0 Å². The molecule has 0 saturated heterocycles. The number of phenolic OH excluding ortho intramolecular Hbond substituents is 2. The lowest BCUT2D eigenvalue weighted by molar-refractivity contribution is 0.319. The van der Waals surface area contributed by atoms with Gasteiger partial charge in [-0.1, -0.05) is 17.3 Å². The molecule has 0 unspecified atom stereocenters. The molecule has 0 bridgehead atoms. The van der Waals surface area contributed by atoms with E-state index in [-0.39, 0.29) is 28.3 Å². The number of hydrogen-bond acceptors (Lipinski definition) is 4. The molecule has 0 aliphatic heterocycles. The van der Waals surface area contributed by atoms with Gasteiger partial charge in [-0.3, -0.25) is 0 Å². The predicted octanol–water partition coefficient (Wildman–Crippen LogP) is 2.46. The maximum absolute atomic E-state index is 13.6. The van der Waals surface area contributed by atoms with Crippen molar-refractivity contribution in [3.8, 4) is 11.5 Å². The maximum Gasteiger partial charge on any atom is 0.132 e. The van der Waals surface area contributed by atoms with Crippen LogP contribution in [0.1, 0.15) is 11.1 Å². The Labute approximate surface area is 102 Å². The normalized spacial score (nSPS) is 11.5. The van der Waals surface area contributed by atoms with E-state index in [9.17, 15) is 14.6 Å². The van der Waals surface area contributed by atoms with Crippen molar-refractivity contribution >= 4 is 5.71 Å². The van der Waals surface area contributed by atoms with Gasteiger partial charge in [-0.05, 0) is 24.3 Å². The van der Waals surface area contributed by atoms with Crippen molar-refractivity contribution in [2.45, 2.75) is 0 Å². The van der Waals surface area contributed by atoms with Crippen molar-refractivity contribution in [2.24, 2.45) is 5.16 Å². The van der Waals surface area contributed by atoms with Crippen molar-refractivity contribution in [1.29, 1.82) is 0 Å². The minimum atomic E-state index is -0.572. The van der Waals surface area contributed by atoms with Crippen LogP contribution >= 0.6 is 0 Å². The Morgan fingerprint density at radius 2 is 1.72 bits per heavy atom. The Bertz CT molecular complexity index is 611. The highest BCUT2D eigenvalue weighted by atomic mass is 19.1. The maximum atomic E-state index is 13.6. The van der Waals surface area contributed by atoms with E-state index in [0.29, 0.717) is 0 Å². The molecule has 0 saturated carbocycles. The van der Waals surface area contributed by atoms with Crippen molar-refractivity contribution in [2.75, 3.05) is 0 Å². The van der Waals surface area contributed by atoms with Crippen LogP contribution in [0.2, 0.25) is 0 Å². The topological polar surface area (TPSA) is 73.1 Å². The molecule has 0 amide bonds. The first-order chi connectivity index (χ1) is 8.63. The summed E-state index contributed by atoms with van der Waals surface area (Å²) in [5.41, 5.74) is 0.0759. The van der Waals surface area contributed by atoms with Gasteiger partial charge in [-0.2, -0.15) is 0 Å². The van der Waals surface area contributed by atoms with Gasteiger partial charge in [0.1, 0.15) is 23.0 Å². The standard InChI is InChI=1S/C13H10FNO3/c14-11-4-2-1-3-9(11)13(15-18)10-6-5-8(16)7-12(10)17/h1-7,16-18H/b15-13+. The zero-order valence-corrected chi connectivity index (χ0v) is 9.21. The van der Waals surface area contributed by atoms with Crippen molar-refractivity contribution in [3.63, 3.8) is 0 Å². The summed E-state index contributed by atoms with van der Waals surface area (Å²) in [6, 6.07) is 9.47. The quantitative estimate of drug-likeness (QED) is 0.433. The minimum Gasteiger partial charge on any atom is -0.508 e. The van der Waals surface area contributed by atoms with E-state index in [1.54, 1.807) is 6.07 Å². The molecule has 5 heteroatoms. The lowest BCUT2D eigenvalue weighted by atomic mass is 10.0. The van der Waals surface area contributed by atoms with Gasteiger partial charge < -0.3 is 15.4 Å². The summed E-state index contributed by atoms with van der Waals surface area (Å²) in [5.74, 6) is -1.01. The number of rotatable bonds is 2. The van der Waals surface area contributed by atoms with Gasteiger partial charge in [-0.25, -0.2) is 4.39 Å². The first-order valence-electron chi connectivity index (χ1n) is 5.13. The van der Waals surface area contributed by atoms with E-state index in [4.69, 9.17) is 5.21 Å². The molecule has 92 valence electrons. The van der Waals surface area contributed by atoms with Gasteiger partial charge in [0.15, 0.2) is 0 Å². The number of halogens is 1. The lowest BCUT2D eigenvalue weighted by Gasteiger charge is -2.08. The Morgan fingerprint density at radius 3 is 2.33 bits per heavy atom. The summed E-state index contributed by atoms with van der Waals surface area (Å²) in [6.07, 6.45) is 0. The molecular weight excluding hydrogens is 237 g/mol. The third kappa shape index (κ3) is 2.10. The highest BCUT2D eigenvalue weighted by molar-refractivity contribution is 6.14. The molecule has 18 heavy (non-hydrogen) atoms. The first kappa shape index (κ1) is 11.9. The molecule has 0 radical (unpaired) electrons. The largest absolute Gasteiger partial charge is 0.508 e. The molecule has 0 aromatic heterocycles. The molecule has 2 rings (SSSR count). The van der Waals surface area contributed by atoms with Crippen molar-refractivity contribution < 1.29 is 19.8 Å². The molecule has 2 aromatic carbocycles. The number of oxime groups is 1. The number of hydrogen-bond donors (Lipinski definition) is 3. The van der Waals surface area contributed by atoms with Crippen LogP contribution in [-0.2, 0) is 0 Å². The third-order valence-electron chi connectivity index (χ3n) is 2.47. The third-order valence-corrected chi connectivity index (χ3v) is 2.47. The Balaban J connectivity index is 2.57. The SMILES string of the molecule is O/N=C(/c1ccc(O)cc1O)c1ccccc1F. The molecule has 0 heterocycles. The average molecular weight is 247 g/mol. The molecule has 2 aromatic rings. The molecule has 3 N–H and O–H groups in total. The van der Waals surface area contributed by atoms with E-state index >= 15 is 0 Å². The zero-order chi connectivity index (χ0) is 13.1. The first-order valence-corrected chi connectivity index (χ1v) is 5.13. The van der Waals surface area contributed by atoms with Gasteiger partial charge in [0, 0.05) is 17.2 Å². The van der Waals surface area contributed by atoms with Crippen LogP contribution in [0.5, 0.6) is 11.5 Å². The Kier molecular flexibility index (Phi) is 3.14. The second-order valence-corrected chi connectivity index (χ2v) is 3.63. The Hall–Kier alpha value is -2.56. The summed E-state index contributed by atoms with van der Waals surface area (Å²) >= 11 is 0. The monoisotopic (exact) mass is 247 g/mol. The molecule has 4 nitrogen and oxygen atoms in total. The number of aromatic hydroxyl groups is 2. The van der Waals surface area contributed by atoms with Crippen LogP contribution < -0.4 is 0 Å². The van der Waals surface area contributed by atoms with Crippen LogP contribution in [0.15, 0.2) is 47.6 Å². The fourth-order valence-electron chi connectivity index (χ4n) is 1.63. The number of nitrogens with zero attached hydrogens (tertiary/aromatic N) is 1. The van der Waals surface area contributed by atoms with E-state index < -0.39 is 5.82 Å². The average Bonchev–Trinajstić information content (AvgIpc) is 2.34. The summed E-state index contributed by atoms with van der Waals surface area (Å²) in [5, 5.41) is 30.9. The van der Waals surface area contributed by atoms with Gasteiger partial charge in [0.25, 0.3) is 0 Å². The fraction of sp³-hybridized carbons (Fsp3) is 0. The second kappa shape index (κ2) is 4.75. The zero-order valence-electron chi connectivity index (χ0n) is 9.21. The molecule has 0 aliphatic rings. The highest BCUT2D eigenvalue weighted by Gasteiger charge is 2.16. The van der Waals surface area contributed by atoms with Crippen LogP contribution in [0, 0.1) is 5.82 Å².